The Morgan fingerprint density at radius 3 is 2.33 bits per heavy atom. The summed E-state index contributed by atoms with van der Waals surface area (Å²) in [4.78, 5) is 17.6. The number of piperidine rings is 1. The van der Waals surface area contributed by atoms with Crippen LogP contribution in [0.25, 0.3) is 0 Å². The van der Waals surface area contributed by atoms with Gasteiger partial charge in [-0.15, -0.1) is 0 Å². The maximum absolute atomic E-state index is 12.8. The van der Waals surface area contributed by atoms with Crippen molar-refractivity contribution in [1.82, 2.24) is 15.1 Å². The molecule has 3 aliphatic rings. The van der Waals surface area contributed by atoms with Gasteiger partial charge in [0.2, 0.25) is 5.91 Å². The molecule has 0 radical (unpaired) electrons. The van der Waals surface area contributed by atoms with E-state index in [4.69, 9.17) is 0 Å². The van der Waals surface area contributed by atoms with Gasteiger partial charge in [0.15, 0.2) is 0 Å². The zero-order chi connectivity index (χ0) is 14.9. The normalized spacial score (nSPS) is 31.5. The Labute approximate surface area is 129 Å². The van der Waals surface area contributed by atoms with Crippen LogP contribution in [0, 0.1) is 5.41 Å². The number of carbonyl (C=O) groups is 1. The van der Waals surface area contributed by atoms with Crippen LogP contribution in [0.2, 0.25) is 0 Å². The SMILES string of the molecule is CC1(C)CCCNC1C(=O)N1CCN(C2CCCC2)CC1. The van der Waals surface area contributed by atoms with Crippen LogP contribution >= 0.6 is 0 Å². The van der Waals surface area contributed by atoms with Crippen molar-refractivity contribution in [2.24, 2.45) is 5.41 Å². The quantitative estimate of drug-likeness (QED) is 0.844. The lowest BCUT2D eigenvalue weighted by molar-refractivity contribution is -0.139. The molecule has 2 saturated heterocycles. The molecule has 2 heterocycles. The molecule has 3 rings (SSSR count). The van der Waals surface area contributed by atoms with Crippen LogP contribution in [0.3, 0.4) is 0 Å². The highest BCUT2D eigenvalue weighted by molar-refractivity contribution is 5.83. The van der Waals surface area contributed by atoms with E-state index < -0.39 is 0 Å². The Bertz CT molecular complexity index is 368. The van der Waals surface area contributed by atoms with Crippen molar-refractivity contribution >= 4 is 5.91 Å². The first-order valence-corrected chi connectivity index (χ1v) is 8.84. The average Bonchev–Trinajstić information content (AvgIpc) is 3.00. The number of rotatable bonds is 2. The van der Waals surface area contributed by atoms with Gasteiger partial charge >= 0.3 is 0 Å². The molecular formula is C17H31N3O. The van der Waals surface area contributed by atoms with E-state index in [-0.39, 0.29) is 11.5 Å². The van der Waals surface area contributed by atoms with E-state index in [1.54, 1.807) is 0 Å². The second-order valence-corrected chi connectivity index (χ2v) is 7.78. The van der Waals surface area contributed by atoms with Crippen LogP contribution in [0.1, 0.15) is 52.4 Å². The molecule has 1 saturated carbocycles. The maximum atomic E-state index is 12.8. The van der Waals surface area contributed by atoms with Gasteiger partial charge in [-0.2, -0.15) is 0 Å². The van der Waals surface area contributed by atoms with Crippen LogP contribution in [-0.4, -0.2) is 60.5 Å². The highest BCUT2D eigenvalue weighted by Gasteiger charge is 2.40. The zero-order valence-corrected chi connectivity index (χ0v) is 13.7. The van der Waals surface area contributed by atoms with Crippen LogP contribution in [0.15, 0.2) is 0 Å². The summed E-state index contributed by atoms with van der Waals surface area (Å²) in [6.07, 6.45) is 7.86. The first-order chi connectivity index (χ1) is 10.1. The minimum atomic E-state index is 0.0179. The third-order valence-electron chi connectivity index (χ3n) is 5.84. The molecular weight excluding hydrogens is 262 g/mol. The Kier molecular flexibility index (Phi) is 4.55. The Morgan fingerprint density at radius 1 is 1.05 bits per heavy atom. The number of nitrogens with zero attached hydrogens (tertiary/aromatic N) is 2. The van der Waals surface area contributed by atoms with Crippen LogP contribution in [0.5, 0.6) is 0 Å². The molecule has 0 aromatic rings. The molecule has 1 N–H and O–H groups in total. The van der Waals surface area contributed by atoms with Crippen molar-refractivity contribution in [3.8, 4) is 0 Å². The zero-order valence-electron chi connectivity index (χ0n) is 13.7. The standard InChI is InChI=1S/C17H31N3O/c1-17(2)8-5-9-18-15(17)16(21)20-12-10-19(11-13-20)14-6-3-4-7-14/h14-15,18H,3-13H2,1-2H3. The molecule has 0 aromatic heterocycles. The predicted octanol–water partition coefficient (Wildman–Crippen LogP) is 1.85. The lowest BCUT2D eigenvalue weighted by Gasteiger charge is -2.44. The van der Waals surface area contributed by atoms with E-state index in [1.165, 1.54) is 32.1 Å². The molecule has 0 aromatic carbocycles. The monoisotopic (exact) mass is 293 g/mol. The summed E-state index contributed by atoms with van der Waals surface area (Å²) in [5, 5.41) is 3.47. The largest absolute Gasteiger partial charge is 0.339 e. The fraction of sp³-hybridized carbons (Fsp3) is 0.941. The number of hydrogen-bond acceptors (Lipinski definition) is 3. The number of nitrogens with one attached hydrogen (secondary N) is 1. The Balaban J connectivity index is 1.54. The third kappa shape index (κ3) is 3.26. The summed E-state index contributed by atoms with van der Waals surface area (Å²) in [5.41, 5.74) is 0.0952. The number of carbonyl (C=O) groups excluding carboxylic acids is 1. The van der Waals surface area contributed by atoms with E-state index in [1.807, 2.05) is 0 Å². The van der Waals surface area contributed by atoms with Crippen LogP contribution in [0.4, 0.5) is 0 Å². The smallest absolute Gasteiger partial charge is 0.240 e. The number of hydrogen-bond donors (Lipinski definition) is 1. The Hall–Kier alpha value is -0.610. The van der Waals surface area contributed by atoms with Crippen molar-refractivity contribution in [2.45, 2.75) is 64.5 Å². The fourth-order valence-electron chi connectivity index (χ4n) is 4.39. The van der Waals surface area contributed by atoms with Crippen molar-refractivity contribution < 1.29 is 4.79 Å². The number of amides is 1. The minimum Gasteiger partial charge on any atom is -0.339 e. The summed E-state index contributed by atoms with van der Waals surface area (Å²) < 4.78 is 0. The summed E-state index contributed by atoms with van der Waals surface area (Å²) in [6.45, 7) is 9.44. The second kappa shape index (κ2) is 6.25. The van der Waals surface area contributed by atoms with E-state index in [0.717, 1.165) is 45.2 Å². The first kappa shape index (κ1) is 15.3. The summed E-state index contributed by atoms with van der Waals surface area (Å²) in [6, 6.07) is 0.816. The molecule has 0 spiro atoms. The van der Waals surface area contributed by atoms with E-state index in [2.05, 4.69) is 29.0 Å². The summed E-state index contributed by atoms with van der Waals surface area (Å²) in [5.74, 6) is 0.339. The molecule has 120 valence electrons. The average molecular weight is 293 g/mol. The topological polar surface area (TPSA) is 35.6 Å². The predicted molar refractivity (Wildman–Crippen MR) is 85.2 cm³/mol. The van der Waals surface area contributed by atoms with Gasteiger partial charge < -0.3 is 10.2 Å². The van der Waals surface area contributed by atoms with Gasteiger partial charge in [-0.05, 0) is 37.6 Å². The Morgan fingerprint density at radius 2 is 1.71 bits per heavy atom. The lowest BCUT2D eigenvalue weighted by atomic mass is 9.77. The van der Waals surface area contributed by atoms with E-state index in [0.29, 0.717) is 5.91 Å². The van der Waals surface area contributed by atoms with Gasteiger partial charge in [-0.3, -0.25) is 9.69 Å². The molecule has 1 aliphatic carbocycles. The van der Waals surface area contributed by atoms with Gasteiger partial charge in [-0.25, -0.2) is 0 Å². The fourth-order valence-corrected chi connectivity index (χ4v) is 4.39. The summed E-state index contributed by atoms with van der Waals surface area (Å²) in [7, 11) is 0. The third-order valence-corrected chi connectivity index (χ3v) is 5.84. The highest BCUT2D eigenvalue weighted by atomic mass is 16.2. The van der Waals surface area contributed by atoms with Crippen molar-refractivity contribution in [3.63, 3.8) is 0 Å². The highest BCUT2D eigenvalue weighted by Crippen LogP contribution is 2.31. The van der Waals surface area contributed by atoms with Crippen LogP contribution < -0.4 is 5.32 Å². The minimum absolute atomic E-state index is 0.0179. The van der Waals surface area contributed by atoms with Crippen molar-refractivity contribution in [2.75, 3.05) is 32.7 Å². The first-order valence-electron chi connectivity index (χ1n) is 8.84. The molecule has 2 aliphatic heterocycles. The van der Waals surface area contributed by atoms with Crippen molar-refractivity contribution in [1.29, 1.82) is 0 Å². The molecule has 1 unspecified atom stereocenters. The van der Waals surface area contributed by atoms with Gasteiger partial charge in [-0.1, -0.05) is 26.7 Å². The van der Waals surface area contributed by atoms with Gasteiger partial charge in [0.05, 0.1) is 6.04 Å². The molecule has 4 heteroatoms. The molecule has 0 bridgehead atoms. The summed E-state index contributed by atoms with van der Waals surface area (Å²) >= 11 is 0. The second-order valence-electron chi connectivity index (χ2n) is 7.78. The molecule has 1 atom stereocenters. The molecule has 4 nitrogen and oxygen atoms in total. The molecule has 1 amide bonds. The van der Waals surface area contributed by atoms with Crippen molar-refractivity contribution in [3.05, 3.63) is 0 Å². The van der Waals surface area contributed by atoms with E-state index >= 15 is 0 Å². The molecule has 3 fully saturated rings. The molecule has 21 heavy (non-hydrogen) atoms. The lowest BCUT2D eigenvalue weighted by Crippen LogP contribution is -2.60. The maximum Gasteiger partial charge on any atom is 0.240 e. The van der Waals surface area contributed by atoms with Gasteiger partial charge in [0, 0.05) is 32.2 Å². The van der Waals surface area contributed by atoms with Gasteiger partial charge in [0.1, 0.15) is 0 Å². The number of piperazine rings is 1. The van der Waals surface area contributed by atoms with E-state index in [9.17, 15) is 4.79 Å². The van der Waals surface area contributed by atoms with Crippen LogP contribution in [-0.2, 0) is 4.79 Å². The van der Waals surface area contributed by atoms with Gasteiger partial charge in [0.25, 0.3) is 0 Å².